The molecule has 3 atom stereocenters. The predicted molar refractivity (Wildman–Crippen MR) is 125 cm³/mol. The first-order valence-electron chi connectivity index (χ1n) is 10.0. The van der Waals surface area contributed by atoms with Crippen LogP contribution in [0.1, 0.15) is 11.1 Å². The van der Waals surface area contributed by atoms with Crippen LogP contribution >= 0.6 is 34.8 Å². The number of benzene rings is 2. The van der Waals surface area contributed by atoms with Crippen LogP contribution in [-0.2, 0) is 32.2 Å². The Morgan fingerprint density at radius 3 is 2.28 bits per heavy atom. The molecule has 6 nitrogen and oxygen atoms in total. The third-order valence-electron chi connectivity index (χ3n) is 4.76. The first-order valence-corrected chi connectivity index (χ1v) is 11.1. The Balaban J connectivity index is 1.54. The fourth-order valence-electron chi connectivity index (χ4n) is 3.05. The summed E-state index contributed by atoms with van der Waals surface area (Å²) in [5.74, 6) is -1.12. The molecule has 0 radical (unpaired) electrons. The highest BCUT2D eigenvalue weighted by Crippen LogP contribution is 2.44. The Kier molecular flexibility index (Phi) is 9.22. The molecule has 1 saturated heterocycles. The normalized spacial score (nSPS) is 23.7. The van der Waals surface area contributed by atoms with Gasteiger partial charge in [0.05, 0.1) is 33.5 Å². The molecule has 0 aliphatic carbocycles. The summed E-state index contributed by atoms with van der Waals surface area (Å²) >= 11 is 17.9. The summed E-state index contributed by atoms with van der Waals surface area (Å²) in [6.07, 6.45) is 2.45. The van der Waals surface area contributed by atoms with E-state index in [2.05, 4.69) is 0 Å². The van der Waals surface area contributed by atoms with Gasteiger partial charge in [-0.1, -0.05) is 89.4 Å². The van der Waals surface area contributed by atoms with E-state index in [-0.39, 0.29) is 6.61 Å². The Hall–Kier alpha value is -1.35. The van der Waals surface area contributed by atoms with E-state index in [1.807, 2.05) is 60.7 Å². The lowest BCUT2D eigenvalue weighted by Crippen LogP contribution is -2.53. The second-order valence-electron chi connectivity index (χ2n) is 7.20. The van der Waals surface area contributed by atoms with E-state index >= 15 is 0 Å². The second-order valence-corrected chi connectivity index (χ2v) is 9.48. The van der Waals surface area contributed by atoms with Crippen LogP contribution in [0, 0.1) is 0 Å². The van der Waals surface area contributed by atoms with E-state index in [1.54, 1.807) is 13.2 Å². The van der Waals surface area contributed by atoms with Crippen LogP contribution < -0.4 is 10.5 Å². The number of hydrogen-bond donors (Lipinski definition) is 1. The molecule has 2 aromatic rings. The zero-order valence-electron chi connectivity index (χ0n) is 17.6. The zero-order chi connectivity index (χ0) is 23.0. The van der Waals surface area contributed by atoms with Crippen LogP contribution in [-0.4, -0.2) is 42.2 Å². The fourth-order valence-corrected chi connectivity index (χ4v) is 3.31. The highest BCUT2D eigenvalue weighted by atomic mass is 35.6. The highest BCUT2D eigenvalue weighted by molar-refractivity contribution is 6.68. The number of rotatable bonds is 10. The predicted octanol–water partition coefficient (Wildman–Crippen LogP) is 4.75. The van der Waals surface area contributed by atoms with Gasteiger partial charge in [0.2, 0.25) is 0 Å². The van der Waals surface area contributed by atoms with Crippen molar-refractivity contribution in [2.75, 3.05) is 20.3 Å². The minimum absolute atomic E-state index is 0.186. The molecule has 174 valence electrons. The average Bonchev–Trinajstić information content (AvgIpc) is 3.11. The molecule has 0 amide bonds. The highest BCUT2D eigenvalue weighted by Gasteiger charge is 2.57. The van der Waals surface area contributed by atoms with Crippen LogP contribution in [0.5, 0.6) is 5.75 Å². The second kappa shape index (κ2) is 11.7. The van der Waals surface area contributed by atoms with Gasteiger partial charge >= 0.3 is 0 Å². The Morgan fingerprint density at radius 1 is 0.969 bits per heavy atom. The summed E-state index contributed by atoms with van der Waals surface area (Å²) in [6, 6.07) is 17.4. The van der Waals surface area contributed by atoms with E-state index < -0.39 is 21.9 Å². The summed E-state index contributed by atoms with van der Waals surface area (Å²) < 4.78 is 26.1. The van der Waals surface area contributed by atoms with E-state index in [4.69, 9.17) is 64.2 Å². The van der Waals surface area contributed by atoms with Crippen molar-refractivity contribution in [3.63, 3.8) is 0 Å². The van der Waals surface area contributed by atoms with Crippen LogP contribution in [0.2, 0.25) is 0 Å². The van der Waals surface area contributed by atoms with Crippen molar-refractivity contribution in [2.45, 2.75) is 35.1 Å². The van der Waals surface area contributed by atoms with E-state index in [1.165, 1.54) is 0 Å². The summed E-state index contributed by atoms with van der Waals surface area (Å²) in [5, 5.41) is 0. The lowest BCUT2D eigenvalue weighted by Gasteiger charge is -2.29. The van der Waals surface area contributed by atoms with Crippen molar-refractivity contribution in [3.8, 4) is 5.75 Å². The third kappa shape index (κ3) is 7.07. The smallest absolute Gasteiger partial charge is 0.275 e. The van der Waals surface area contributed by atoms with E-state index in [0.29, 0.717) is 19.8 Å². The standard InChI is InChI=1S/C23H26Cl3NO5/c1-28-19-11-9-18(10-12-19)15-30-16-21-20(31-23(27,32-21)22(24,25)26)8-5-13-29-14-17-6-3-2-4-7-17/h2-12,20-21H,13-16,27H2,1H3/b8-5+/t20-,21-,23?/m0/s1. The van der Waals surface area contributed by atoms with Gasteiger partial charge in [-0.2, -0.15) is 0 Å². The number of alkyl halides is 3. The SMILES string of the molecule is COc1ccc(COC[C@@H]2OC(N)(C(Cl)(Cl)Cl)O[C@H]2/C=C/COCc2ccccc2)cc1. The van der Waals surface area contributed by atoms with Crippen LogP contribution in [0.15, 0.2) is 66.7 Å². The summed E-state index contributed by atoms with van der Waals surface area (Å²) in [4.78, 5) is 0. The molecule has 1 fully saturated rings. The van der Waals surface area contributed by atoms with Gasteiger partial charge in [0, 0.05) is 0 Å². The first kappa shape index (κ1) is 25.3. The molecule has 1 heterocycles. The lowest BCUT2D eigenvalue weighted by atomic mass is 10.2. The molecule has 3 rings (SSSR count). The van der Waals surface area contributed by atoms with Crippen molar-refractivity contribution < 1.29 is 23.7 Å². The number of halogens is 3. The Labute approximate surface area is 203 Å². The number of hydrogen-bond acceptors (Lipinski definition) is 6. The van der Waals surface area contributed by atoms with Crippen molar-refractivity contribution in [1.82, 2.24) is 0 Å². The van der Waals surface area contributed by atoms with Crippen molar-refractivity contribution >= 4 is 34.8 Å². The average molecular weight is 503 g/mol. The number of nitrogens with two attached hydrogens (primary N) is 1. The molecule has 32 heavy (non-hydrogen) atoms. The minimum atomic E-state index is -1.98. The van der Waals surface area contributed by atoms with E-state index in [9.17, 15) is 0 Å². The number of ether oxygens (including phenoxy) is 5. The largest absolute Gasteiger partial charge is 0.497 e. The monoisotopic (exact) mass is 501 g/mol. The number of methoxy groups -OCH3 is 1. The van der Waals surface area contributed by atoms with Gasteiger partial charge in [0.15, 0.2) is 0 Å². The lowest BCUT2D eigenvalue weighted by molar-refractivity contribution is -0.169. The van der Waals surface area contributed by atoms with Crippen LogP contribution in [0.25, 0.3) is 0 Å². The van der Waals surface area contributed by atoms with Crippen molar-refractivity contribution in [3.05, 3.63) is 77.9 Å². The molecule has 2 N–H and O–H groups in total. The van der Waals surface area contributed by atoms with Gasteiger partial charge in [0.25, 0.3) is 9.70 Å². The third-order valence-corrected chi connectivity index (χ3v) is 5.55. The summed E-state index contributed by atoms with van der Waals surface area (Å²) in [7, 11) is 1.62. The minimum Gasteiger partial charge on any atom is -0.497 e. The maximum Gasteiger partial charge on any atom is 0.275 e. The van der Waals surface area contributed by atoms with Crippen LogP contribution in [0.3, 0.4) is 0 Å². The van der Waals surface area contributed by atoms with Gasteiger partial charge in [-0.15, -0.1) is 0 Å². The molecule has 1 aliphatic heterocycles. The maximum absolute atomic E-state index is 6.06. The molecule has 0 bridgehead atoms. The molecule has 0 saturated carbocycles. The quantitative estimate of drug-likeness (QED) is 0.287. The summed E-state index contributed by atoms with van der Waals surface area (Å²) in [5.41, 5.74) is 8.13. The van der Waals surface area contributed by atoms with Gasteiger partial charge in [-0.3, -0.25) is 5.73 Å². The molecule has 1 aliphatic rings. The summed E-state index contributed by atoms with van der Waals surface area (Å²) in [6.45, 7) is 1.42. The Bertz CT molecular complexity index is 860. The molecule has 2 aromatic carbocycles. The van der Waals surface area contributed by atoms with E-state index in [0.717, 1.165) is 16.9 Å². The maximum atomic E-state index is 6.06. The Morgan fingerprint density at radius 2 is 1.62 bits per heavy atom. The fraction of sp³-hybridized carbons (Fsp3) is 0.391. The first-order chi connectivity index (χ1) is 15.3. The van der Waals surface area contributed by atoms with Gasteiger partial charge < -0.3 is 23.7 Å². The molecule has 0 aromatic heterocycles. The molecule has 9 heteroatoms. The topological polar surface area (TPSA) is 72.2 Å². The van der Waals surface area contributed by atoms with Gasteiger partial charge in [-0.05, 0) is 23.3 Å². The van der Waals surface area contributed by atoms with Gasteiger partial charge in [0.1, 0.15) is 18.0 Å². The molecule has 0 spiro atoms. The molecule has 1 unspecified atom stereocenters. The zero-order valence-corrected chi connectivity index (χ0v) is 19.9. The molecular weight excluding hydrogens is 477 g/mol. The van der Waals surface area contributed by atoms with Crippen molar-refractivity contribution in [1.29, 1.82) is 0 Å². The van der Waals surface area contributed by atoms with Gasteiger partial charge in [-0.25, -0.2) is 0 Å². The molecular formula is C23H26Cl3NO5. The van der Waals surface area contributed by atoms with Crippen molar-refractivity contribution in [2.24, 2.45) is 5.73 Å². The van der Waals surface area contributed by atoms with Crippen LogP contribution in [0.4, 0.5) is 0 Å².